The third kappa shape index (κ3) is 7.83. The van der Waals surface area contributed by atoms with E-state index in [1.165, 1.54) is 0 Å². The largest absolute Gasteiger partial charge is 0.459 e. The molecule has 24 heavy (non-hydrogen) atoms. The van der Waals surface area contributed by atoms with Crippen molar-refractivity contribution in [2.75, 3.05) is 6.61 Å². The number of hydrogen-bond donors (Lipinski definition) is 1. The van der Waals surface area contributed by atoms with Crippen LogP contribution in [0.5, 0.6) is 0 Å². The number of terminal acetylenes is 1. The highest BCUT2D eigenvalue weighted by Gasteiger charge is 2.50. The van der Waals surface area contributed by atoms with Gasteiger partial charge in [0.15, 0.2) is 5.41 Å². The van der Waals surface area contributed by atoms with E-state index in [1.807, 2.05) is 0 Å². The summed E-state index contributed by atoms with van der Waals surface area (Å²) in [6.07, 6.45) is 7.47. The van der Waals surface area contributed by atoms with Gasteiger partial charge in [-0.2, -0.15) is 0 Å². The van der Waals surface area contributed by atoms with Gasteiger partial charge in [0.25, 0.3) is 0 Å². The Morgan fingerprint density at radius 3 is 1.71 bits per heavy atom. The molecule has 0 aromatic carbocycles. The van der Waals surface area contributed by atoms with Crippen LogP contribution in [0.2, 0.25) is 0 Å². The van der Waals surface area contributed by atoms with Crippen molar-refractivity contribution in [3.05, 3.63) is 0 Å². The Balaban J connectivity index is 5.57. The van der Waals surface area contributed by atoms with E-state index in [1.54, 1.807) is 41.5 Å². The molecule has 0 radical (unpaired) electrons. The van der Waals surface area contributed by atoms with Crippen LogP contribution < -0.4 is 0 Å². The highest BCUT2D eigenvalue weighted by molar-refractivity contribution is 6.00. The van der Waals surface area contributed by atoms with E-state index in [-0.39, 0.29) is 19.4 Å². The zero-order valence-electron chi connectivity index (χ0n) is 15.9. The molecule has 0 bridgehead atoms. The average molecular weight is 340 g/mol. The predicted octanol–water partition coefficient (Wildman–Crippen LogP) is 3.23. The highest BCUT2D eigenvalue weighted by atomic mass is 16.6. The summed E-state index contributed by atoms with van der Waals surface area (Å²) in [5.74, 6) is 1.14. The van der Waals surface area contributed by atoms with Crippen molar-refractivity contribution in [1.29, 1.82) is 0 Å². The molecule has 0 rings (SSSR count). The van der Waals surface area contributed by atoms with Gasteiger partial charge in [-0.05, 0) is 54.4 Å². The van der Waals surface area contributed by atoms with Gasteiger partial charge in [0.05, 0.1) is 0 Å². The van der Waals surface area contributed by atoms with E-state index in [0.29, 0.717) is 19.3 Å². The number of unbranched alkanes of at least 4 members (excludes halogenated alkanes) is 2. The molecule has 0 heterocycles. The average Bonchev–Trinajstić information content (AvgIpc) is 2.38. The summed E-state index contributed by atoms with van der Waals surface area (Å²) in [6.45, 7) is 10.5. The summed E-state index contributed by atoms with van der Waals surface area (Å²) in [4.78, 5) is 25.6. The maximum atomic E-state index is 12.8. The standard InChI is InChI=1S/C19H32O5/c1-8-12-19(13-10-9-11-14-20,15(21)23-17(2,3)4)16(22)24-18(5,6)7/h1,20H,9-14H2,2-7H3. The van der Waals surface area contributed by atoms with Crippen molar-refractivity contribution in [3.8, 4) is 12.3 Å². The van der Waals surface area contributed by atoms with Gasteiger partial charge in [-0.25, -0.2) is 0 Å². The van der Waals surface area contributed by atoms with Crippen LogP contribution in [0, 0.1) is 17.8 Å². The smallest absolute Gasteiger partial charge is 0.325 e. The summed E-state index contributed by atoms with van der Waals surface area (Å²) >= 11 is 0. The van der Waals surface area contributed by atoms with E-state index in [9.17, 15) is 9.59 Å². The van der Waals surface area contributed by atoms with Crippen molar-refractivity contribution < 1.29 is 24.2 Å². The molecule has 5 heteroatoms. The zero-order valence-corrected chi connectivity index (χ0v) is 15.9. The maximum absolute atomic E-state index is 12.8. The molecule has 0 saturated heterocycles. The molecular formula is C19H32O5. The molecule has 138 valence electrons. The third-order valence-electron chi connectivity index (χ3n) is 3.24. The monoisotopic (exact) mass is 340 g/mol. The van der Waals surface area contributed by atoms with Gasteiger partial charge in [-0.1, -0.05) is 12.8 Å². The van der Waals surface area contributed by atoms with Crippen LogP contribution in [0.3, 0.4) is 0 Å². The predicted molar refractivity (Wildman–Crippen MR) is 93.1 cm³/mol. The molecule has 0 atom stereocenters. The second-order valence-electron chi connectivity index (χ2n) is 8.00. The fourth-order valence-electron chi connectivity index (χ4n) is 2.16. The van der Waals surface area contributed by atoms with E-state index in [2.05, 4.69) is 5.92 Å². The van der Waals surface area contributed by atoms with Crippen molar-refractivity contribution >= 4 is 11.9 Å². The maximum Gasteiger partial charge on any atom is 0.325 e. The van der Waals surface area contributed by atoms with Gasteiger partial charge in [-0.15, -0.1) is 12.3 Å². The Hall–Kier alpha value is -1.54. The van der Waals surface area contributed by atoms with Gasteiger partial charge in [0.1, 0.15) is 11.2 Å². The molecule has 0 unspecified atom stereocenters. The van der Waals surface area contributed by atoms with Gasteiger partial charge in [-0.3, -0.25) is 9.59 Å². The fourth-order valence-corrected chi connectivity index (χ4v) is 2.16. The molecule has 0 fully saturated rings. The number of carbonyl (C=O) groups is 2. The highest BCUT2D eigenvalue weighted by Crippen LogP contribution is 2.35. The van der Waals surface area contributed by atoms with Gasteiger partial charge < -0.3 is 14.6 Å². The van der Waals surface area contributed by atoms with E-state index in [0.717, 1.165) is 0 Å². The second kappa shape index (κ2) is 9.08. The summed E-state index contributed by atoms with van der Waals surface area (Å²) in [5, 5.41) is 8.91. The van der Waals surface area contributed by atoms with Crippen molar-refractivity contribution in [3.63, 3.8) is 0 Å². The van der Waals surface area contributed by atoms with E-state index < -0.39 is 28.6 Å². The summed E-state index contributed by atoms with van der Waals surface area (Å²) < 4.78 is 10.9. The summed E-state index contributed by atoms with van der Waals surface area (Å²) in [6, 6.07) is 0. The number of aliphatic hydroxyl groups is 1. The molecule has 0 aliphatic heterocycles. The number of ether oxygens (including phenoxy) is 2. The lowest BCUT2D eigenvalue weighted by molar-refractivity contribution is -0.185. The molecule has 0 aromatic rings. The first-order valence-corrected chi connectivity index (χ1v) is 8.39. The van der Waals surface area contributed by atoms with E-state index in [4.69, 9.17) is 21.0 Å². The quantitative estimate of drug-likeness (QED) is 0.318. The number of carbonyl (C=O) groups excluding carboxylic acids is 2. The van der Waals surface area contributed by atoms with Crippen molar-refractivity contribution in [2.45, 2.75) is 84.8 Å². The fraction of sp³-hybridized carbons (Fsp3) is 0.789. The van der Waals surface area contributed by atoms with Crippen molar-refractivity contribution in [1.82, 2.24) is 0 Å². The molecule has 5 nitrogen and oxygen atoms in total. The molecule has 0 aromatic heterocycles. The second-order valence-corrected chi connectivity index (χ2v) is 8.00. The number of aliphatic hydroxyl groups excluding tert-OH is 1. The third-order valence-corrected chi connectivity index (χ3v) is 3.24. The Bertz CT molecular complexity index is 432. The lowest BCUT2D eigenvalue weighted by Crippen LogP contribution is -2.46. The minimum atomic E-state index is -1.51. The van der Waals surface area contributed by atoms with E-state index >= 15 is 0 Å². The number of rotatable bonds is 8. The van der Waals surface area contributed by atoms with Crippen LogP contribution in [0.25, 0.3) is 0 Å². The Morgan fingerprint density at radius 1 is 0.917 bits per heavy atom. The zero-order chi connectivity index (χ0) is 19.0. The lowest BCUT2D eigenvalue weighted by Gasteiger charge is -2.34. The van der Waals surface area contributed by atoms with Crippen LogP contribution in [0.4, 0.5) is 0 Å². The number of esters is 2. The Morgan fingerprint density at radius 2 is 1.38 bits per heavy atom. The first-order chi connectivity index (χ1) is 10.9. The summed E-state index contributed by atoms with van der Waals surface area (Å²) in [7, 11) is 0. The minimum absolute atomic E-state index is 0.0705. The van der Waals surface area contributed by atoms with Crippen LogP contribution in [0.15, 0.2) is 0 Å². The Kier molecular flexibility index (Phi) is 8.49. The molecule has 0 amide bonds. The SMILES string of the molecule is C#CCC(CCCCCO)(C(=O)OC(C)(C)C)C(=O)OC(C)(C)C. The molecule has 1 N–H and O–H groups in total. The molecule has 0 spiro atoms. The van der Waals surface area contributed by atoms with Crippen LogP contribution in [0.1, 0.15) is 73.6 Å². The van der Waals surface area contributed by atoms with Gasteiger partial charge in [0.2, 0.25) is 0 Å². The summed E-state index contributed by atoms with van der Waals surface area (Å²) in [5.41, 5.74) is -2.97. The first kappa shape index (κ1) is 22.5. The first-order valence-electron chi connectivity index (χ1n) is 8.39. The molecule has 0 saturated carbocycles. The van der Waals surface area contributed by atoms with Gasteiger partial charge >= 0.3 is 11.9 Å². The van der Waals surface area contributed by atoms with Crippen molar-refractivity contribution in [2.24, 2.45) is 5.41 Å². The Labute approximate surface area is 146 Å². The van der Waals surface area contributed by atoms with Crippen LogP contribution in [-0.4, -0.2) is 34.9 Å². The van der Waals surface area contributed by atoms with Crippen LogP contribution in [-0.2, 0) is 19.1 Å². The molecule has 0 aliphatic carbocycles. The molecule has 0 aliphatic rings. The topological polar surface area (TPSA) is 72.8 Å². The number of hydrogen-bond acceptors (Lipinski definition) is 5. The van der Waals surface area contributed by atoms with Crippen LogP contribution >= 0.6 is 0 Å². The van der Waals surface area contributed by atoms with Gasteiger partial charge in [0, 0.05) is 13.0 Å². The molecular weight excluding hydrogens is 308 g/mol. The minimum Gasteiger partial charge on any atom is -0.459 e. The lowest BCUT2D eigenvalue weighted by atomic mass is 9.79. The normalized spacial score (nSPS) is 12.4.